The summed E-state index contributed by atoms with van der Waals surface area (Å²) in [4.78, 5) is 0. The molecule has 0 saturated heterocycles. The van der Waals surface area contributed by atoms with Gasteiger partial charge in [-0.15, -0.1) is 0 Å². The van der Waals surface area contributed by atoms with E-state index in [1.54, 1.807) is 0 Å². The summed E-state index contributed by atoms with van der Waals surface area (Å²) < 4.78 is 1.83. The largest absolute Gasteiger partial charge is 0.306 e. The van der Waals surface area contributed by atoms with Crippen molar-refractivity contribution in [2.75, 3.05) is 6.54 Å². The smallest absolute Gasteiger partial charge is 0.0644 e. The van der Waals surface area contributed by atoms with Crippen LogP contribution in [-0.2, 0) is 7.05 Å². The van der Waals surface area contributed by atoms with E-state index in [-0.39, 0.29) is 6.04 Å². The number of hydrogen-bond donors (Lipinski definition) is 1. The molecule has 102 valence electrons. The summed E-state index contributed by atoms with van der Waals surface area (Å²) in [6, 6.07) is 5.81. The molecule has 2 aromatic rings. The van der Waals surface area contributed by atoms with Crippen molar-refractivity contribution < 1.29 is 0 Å². The van der Waals surface area contributed by atoms with E-state index in [2.05, 4.69) is 17.3 Å². The van der Waals surface area contributed by atoms with E-state index >= 15 is 0 Å². The first-order valence-electron chi connectivity index (χ1n) is 6.21. The molecular formula is C14H17Cl2N3. The Hall–Kier alpha value is -1.03. The second kappa shape index (κ2) is 5.95. The van der Waals surface area contributed by atoms with E-state index in [1.165, 1.54) is 0 Å². The van der Waals surface area contributed by atoms with Gasteiger partial charge in [0.15, 0.2) is 0 Å². The third-order valence-corrected chi connectivity index (χ3v) is 3.79. The Labute approximate surface area is 123 Å². The molecule has 1 unspecified atom stereocenters. The molecule has 5 heteroatoms. The van der Waals surface area contributed by atoms with Crippen LogP contribution in [0.4, 0.5) is 0 Å². The van der Waals surface area contributed by atoms with Crippen molar-refractivity contribution in [2.45, 2.75) is 19.9 Å². The zero-order chi connectivity index (χ0) is 14.0. The van der Waals surface area contributed by atoms with E-state index in [0.717, 1.165) is 23.4 Å². The maximum atomic E-state index is 6.11. The Morgan fingerprint density at radius 3 is 2.58 bits per heavy atom. The average molecular weight is 298 g/mol. The lowest BCUT2D eigenvalue weighted by molar-refractivity contribution is 0.627. The molecule has 0 saturated carbocycles. The Kier molecular flexibility index (Phi) is 4.50. The summed E-state index contributed by atoms with van der Waals surface area (Å²) in [5.41, 5.74) is 3.26. The highest BCUT2D eigenvalue weighted by Crippen LogP contribution is 2.29. The molecule has 19 heavy (non-hydrogen) atoms. The van der Waals surface area contributed by atoms with Crippen LogP contribution in [0.2, 0.25) is 10.0 Å². The van der Waals surface area contributed by atoms with Gasteiger partial charge in [0.25, 0.3) is 0 Å². The minimum absolute atomic E-state index is 0.0773. The van der Waals surface area contributed by atoms with Gasteiger partial charge in [0.2, 0.25) is 0 Å². The highest BCUT2D eigenvalue weighted by Gasteiger charge is 2.18. The molecule has 0 spiro atoms. The van der Waals surface area contributed by atoms with Crippen LogP contribution in [0.5, 0.6) is 0 Å². The maximum absolute atomic E-state index is 6.11. The number of nitrogens with one attached hydrogen (secondary N) is 1. The first-order valence-corrected chi connectivity index (χ1v) is 6.97. The van der Waals surface area contributed by atoms with Gasteiger partial charge in [0.1, 0.15) is 0 Å². The summed E-state index contributed by atoms with van der Waals surface area (Å²) in [5.74, 6) is 0. The lowest BCUT2D eigenvalue weighted by atomic mass is 9.99. The number of nitrogens with zero attached hydrogens (tertiary/aromatic N) is 2. The molecule has 1 aromatic heterocycles. The van der Waals surface area contributed by atoms with Crippen molar-refractivity contribution in [3.8, 4) is 0 Å². The molecule has 2 rings (SSSR count). The zero-order valence-corrected chi connectivity index (χ0v) is 12.8. The third kappa shape index (κ3) is 3.11. The molecule has 1 N–H and O–H groups in total. The van der Waals surface area contributed by atoms with Gasteiger partial charge >= 0.3 is 0 Å². The molecule has 0 amide bonds. The first kappa shape index (κ1) is 14.4. The van der Waals surface area contributed by atoms with Crippen LogP contribution in [-0.4, -0.2) is 16.3 Å². The van der Waals surface area contributed by atoms with Crippen molar-refractivity contribution in [3.05, 3.63) is 51.3 Å². The maximum Gasteiger partial charge on any atom is 0.0644 e. The van der Waals surface area contributed by atoms with E-state index in [9.17, 15) is 0 Å². The van der Waals surface area contributed by atoms with Crippen molar-refractivity contribution >= 4 is 23.2 Å². The summed E-state index contributed by atoms with van der Waals surface area (Å²) in [7, 11) is 1.92. The molecular weight excluding hydrogens is 281 g/mol. The molecule has 0 aliphatic rings. The van der Waals surface area contributed by atoms with Crippen LogP contribution in [0.25, 0.3) is 0 Å². The number of benzene rings is 1. The second-order valence-electron chi connectivity index (χ2n) is 4.51. The van der Waals surface area contributed by atoms with Crippen LogP contribution in [0, 0.1) is 6.92 Å². The highest BCUT2D eigenvalue weighted by molar-refractivity contribution is 6.42. The van der Waals surface area contributed by atoms with Gasteiger partial charge in [-0.25, -0.2) is 0 Å². The fraction of sp³-hybridized carbons (Fsp3) is 0.357. The van der Waals surface area contributed by atoms with Gasteiger partial charge in [-0.1, -0.05) is 36.2 Å². The lowest BCUT2D eigenvalue weighted by Crippen LogP contribution is -2.22. The summed E-state index contributed by atoms with van der Waals surface area (Å²) in [6.07, 6.45) is 2.03. The number of halogens is 2. The van der Waals surface area contributed by atoms with Gasteiger partial charge in [0, 0.05) is 18.8 Å². The first-order chi connectivity index (χ1) is 9.02. The van der Waals surface area contributed by atoms with Gasteiger partial charge in [-0.2, -0.15) is 5.10 Å². The Bertz CT molecular complexity index is 578. The van der Waals surface area contributed by atoms with Crippen LogP contribution in [0.3, 0.4) is 0 Å². The number of aromatic nitrogens is 2. The van der Waals surface area contributed by atoms with Crippen molar-refractivity contribution in [1.82, 2.24) is 15.1 Å². The topological polar surface area (TPSA) is 29.9 Å². The standard InChI is InChI=1S/C14H17Cl2N3/c1-4-17-14(11-8-19(3)18-9(11)2)10-5-6-12(15)13(16)7-10/h5-8,14,17H,4H2,1-3H3. The fourth-order valence-corrected chi connectivity index (χ4v) is 2.51. The van der Waals surface area contributed by atoms with Crippen LogP contribution in [0.15, 0.2) is 24.4 Å². The minimum atomic E-state index is 0.0773. The van der Waals surface area contributed by atoms with E-state index in [4.69, 9.17) is 23.2 Å². The average Bonchev–Trinajstić information content (AvgIpc) is 2.69. The van der Waals surface area contributed by atoms with Gasteiger partial charge in [-0.3, -0.25) is 4.68 Å². The molecule has 0 radical (unpaired) electrons. The predicted octanol–water partition coefficient (Wildman–Crippen LogP) is 3.73. The molecule has 0 bridgehead atoms. The fourth-order valence-electron chi connectivity index (χ4n) is 2.20. The Morgan fingerprint density at radius 2 is 2.05 bits per heavy atom. The van der Waals surface area contributed by atoms with Crippen LogP contribution >= 0.6 is 23.2 Å². The van der Waals surface area contributed by atoms with E-state index < -0.39 is 0 Å². The Morgan fingerprint density at radius 1 is 1.32 bits per heavy atom. The van der Waals surface area contributed by atoms with Gasteiger partial charge in [0.05, 0.1) is 21.8 Å². The van der Waals surface area contributed by atoms with Gasteiger partial charge in [-0.05, 0) is 31.2 Å². The lowest BCUT2D eigenvalue weighted by Gasteiger charge is -2.18. The van der Waals surface area contributed by atoms with Crippen molar-refractivity contribution in [2.24, 2.45) is 7.05 Å². The predicted molar refractivity (Wildman–Crippen MR) is 79.9 cm³/mol. The summed E-state index contributed by atoms with van der Waals surface area (Å²) in [6.45, 7) is 4.95. The number of rotatable bonds is 4. The molecule has 1 heterocycles. The Balaban J connectivity index is 2.44. The normalized spacial score (nSPS) is 12.7. The van der Waals surface area contributed by atoms with Crippen LogP contribution in [0.1, 0.15) is 29.8 Å². The number of hydrogen-bond acceptors (Lipinski definition) is 2. The summed E-state index contributed by atoms with van der Waals surface area (Å²) in [5, 5.41) is 9.00. The number of aryl methyl sites for hydroxylation is 2. The molecule has 3 nitrogen and oxygen atoms in total. The van der Waals surface area contributed by atoms with E-state index in [1.807, 2.05) is 43.0 Å². The van der Waals surface area contributed by atoms with Gasteiger partial charge < -0.3 is 5.32 Å². The van der Waals surface area contributed by atoms with Crippen molar-refractivity contribution in [3.63, 3.8) is 0 Å². The molecule has 0 fully saturated rings. The van der Waals surface area contributed by atoms with Crippen molar-refractivity contribution in [1.29, 1.82) is 0 Å². The quantitative estimate of drug-likeness (QED) is 0.932. The molecule has 1 aromatic carbocycles. The van der Waals surface area contributed by atoms with E-state index in [0.29, 0.717) is 10.0 Å². The highest BCUT2D eigenvalue weighted by atomic mass is 35.5. The second-order valence-corrected chi connectivity index (χ2v) is 5.32. The minimum Gasteiger partial charge on any atom is -0.306 e. The molecule has 0 aliphatic heterocycles. The summed E-state index contributed by atoms with van der Waals surface area (Å²) >= 11 is 12.1. The SMILES string of the molecule is CCNC(c1ccc(Cl)c(Cl)c1)c1cn(C)nc1C. The zero-order valence-electron chi connectivity index (χ0n) is 11.2. The van der Waals surface area contributed by atoms with Crippen LogP contribution < -0.4 is 5.32 Å². The molecule has 1 atom stereocenters. The molecule has 0 aliphatic carbocycles. The third-order valence-electron chi connectivity index (χ3n) is 3.05. The monoisotopic (exact) mass is 297 g/mol.